The molecule has 0 aliphatic heterocycles. The second-order valence-electron chi connectivity index (χ2n) is 4.22. The number of anilines is 1. The van der Waals surface area contributed by atoms with E-state index in [1.807, 2.05) is 19.9 Å². The first-order valence-electron chi connectivity index (χ1n) is 6.36. The summed E-state index contributed by atoms with van der Waals surface area (Å²) in [6.45, 7) is 8.66. The molecule has 17 heavy (non-hydrogen) atoms. The third-order valence-electron chi connectivity index (χ3n) is 2.37. The molecule has 0 saturated heterocycles. The van der Waals surface area contributed by atoms with Gasteiger partial charge in [0.1, 0.15) is 0 Å². The number of nitrogens with zero attached hydrogens (tertiary/aromatic N) is 2. The molecule has 0 bridgehead atoms. The van der Waals surface area contributed by atoms with Crippen molar-refractivity contribution in [3.05, 3.63) is 17.5 Å². The van der Waals surface area contributed by atoms with Gasteiger partial charge in [0, 0.05) is 31.1 Å². The molecule has 0 aliphatic carbocycles. The molecule has 1 heterocycles. The lowest BCUT2D eigenvalue weighted by Crippen LogP contribution is -2.09. The van der Waals surface area contributed by atoms with Gasteiger partial charge in [0.25, 0.3) is 0 Å². The van der Waals surface area contributed by atoms with E-state index in [0.717, 1.165) is 49.9 Å². The monoisotopic (exact) mass is 237 g/mol. The molecule has 4 nitrogen and oxygen atoms in total. The summed E-state index contributed by atoms with van der Waals surface area (Å²) in [6, 6.07) is 1.97. The molecule has 1 aromatic rings. The smallest absolute Gasteiger partial charge is 0.223 e. The molecule has 96 valence electrons. The number of rotatable bonds is 8. The van der Waals surface area contributed by atoms with E-state index in [1.165, 1.54) is 6.42 Å². The highest BCUT2D eigenvalue weighted by molar-refractivity contribution is 5.27. The van der Waals surface area contributed by atoms with Crippen molar-refractivity contribution in [1.29, 1.82) is 0 Å². The summed E-state index contributed by atoms with van der Waals surface area (Å²) in [5.41, 5.74) is 2.00. The molecule has 0 aliphatic rings. The van der Waals surface area contributed by atoms with Gasteiger partial charge in [0.15, 0.2) is 0 Å². The summed E-state index contributed by atoms with van der Waals surface area (Å²) in [5.74, 6) is 0.719. The minimum Gasteiger partial charge on any atom is -0.381 e. The van der Waals surface area contributed by atoms with Gasteiger partial charge < -0.3 is 10.1 Å². The first-order valence-corrected chi connectivity index (χ1v) is 6.36. The number of aryl methyl sites for hydroxylation is 2. The summed E-state index contributed by atoms with van der Waals surface area (Å²) in [7, 11) is 0. The van der Waals surface area contributed by atoms with Crippen LogP contribution < -0.4 is 5.32 Å². The van der Waals surface area contributed by atoms with E-state index in [4.69, 9.17) is 4.74 Å². The van der Waals surface area contributed by atoms with Crippen LogP contribution in [0.3, 0.4) is 0 Å². The lowest BCUT2D eigenvalue weighted by atomic mass is 10.3. The van der Waals surface area contributed by atoms with Crippen LogP contribution in [0.2, 0.25) is 0 Å². The first-order chi connectivity index (χ1) is 8.22. The molecule has 0 atom stereocenters. The fraction of sp³-hybridized carbons (Fsp3) is 0.692. The van der Waals surface area contributed by atoms with E-state index in [0.29, 0.717) is 0 Å². The molecule has 4 heteroatoms. The van der Waals surface area contributed by atoms with Gasteiger partial charge in [-0.15, -0.1) is 0 Å². The highest BCUT2D eigenvalue weighted by Crippen LogP contribution is 2.03. The van der Waals surface area contributed by atoms with Crippen molar-refractivity contribution >= 4 is 5.95 Å². The second-order valence-corrected chi connectivity index (χ2v) is 4.22. The van der Waals surface area contributed by atoms with Gasteiger partial charge in [0.05, 0.1) is 0 Å². The third-order valence-corrected chi connectivity index (χ3v) is 2.37. The van der Waals surface area contributed by atoms with Crippen LogP contribution in [0.25, 0.3) is 0 Å². The van der Waals surface area contributed by atoms with Crippen molar-refractivity contribution in [3.8, 4) is 0 Å². The topological polar surface area (TPSA) is 47.0 Å². The number of ether oxygens (including phenoxy) is 1. The van der Waals surface area contributed by atoms with Crippen molar-refractivity contribution in [2.24, 2.45) is 0 Å². The van der Waals surface area contributed by atoms with Crippen molar-refractivity contribution < 1.29 is 4.74 Å². The van der Waals surface area contributed by atoms with Crippen LogP contribution in [-0.4, -0.2) is 29.7 Å². The average molecular weight is 237 g/mol. The predicted octanol–water partition coefficient (Wildman–Crippen LogP) is 2.71. The average Bonchev–Trinajstić information content (AvgIpc) is 2.26. The fourth-order valence-corrected chi connectivity index (χ4v) is 1.53. The van der Waals surface area contributed by atoms with Crippen molar-refractivity contribution in [2.45, 2.75) is 40.0 Å². The van der Waals surface area contributed by atoms with Crippen LogP contribution in [0.5, 0.6) is 0 Å². The maximum absolute atomic E-state index is 5.48. The molecular weight excluding hydrogens is 214 g/mol. The molecule has 0 fully saturated rings. The zero-order valence-electron chi connectivity index (χ0n) is 11.1. The predicted molar refractivity (Wildman–Crippen MR) is 70.3 cm³/mol. The molecule has 0 unspecified atom stereocenters. The molecular formula is C13H23N3O. The molecule has 0 aromatic carbocycles. The van der Waals surface area contributed by atoms with Crippen molar-refractivity contribution in [3.63, 3.8) is 0 Å². The number of unbranched alkanes of at least 4 members (excludes halogenated alkanes) is 1. The third kappa shape index (κ3) is 6.22. The van der Waals surface area contributed by atoms with Gasteiger partial charge in [-0.3, -0.25) is 0 Å². The summed E-state index contributed by atoms with van der Waals surface area (Å²) < 4.78 is 5.48. The van der Waals surface area contributed by atoms with Gasteiger partial charge in [-0.05, 0) is 32.8 Å². The molecule has 0 saturated carbocycles. The maximum atomic E-state index is 5.48. The largest absolute Gasteiger partial charge is 0.381 e. The SMILES string of the molecule is CCCCOCCCNc1nc(C)cc(C)n1. The Hall–Kier alpha value is -1.16. The Bertz CT molecular complexity index is 308. The zero-order valence-corrected chi connectivity index (χ0v) is 11.1. The van der Waals surface area contributed by atoms with Crippen LogP contribution in [0, 0.1) is 13.8 Å². The summed E-state index contributed by atoms with van der Waals surface area (Å²) in [4.78, 5) is 8.64. The van der Waals surface area contributed by atoms with Gasteiger partial charge >= 0.3 is 0 Å². The minimum atomic E-state index is 0.719. The lowest BCUT2D eigenvalue weighted by Gasteiger charge is -2.07. The standard InChI is InChI=1S/C13H23N3O/c1-4-5-8-17-9-6-7-14-13-15-11(2)10-12(3)16-13/h10H,4-9H2,1-3H3,(H,14,15,16). The van der Waals surface area contributed by atoms with Crippen molar-refractivity contribution in [1.82, 2.24) is 9.97 Å². The minimum absolute atomic E-state index is 0.719. The fourth-order valence-electron chi connectivity index (χ4n) is 1.53. The number of hydrogen-bond acceptors (Lipinski definition) is 4. The van der Waals surface area contributed by atoms with E-state index >= 15 is 0 Å². The summed E-state index contributed by atoms with van der Waals surface area (Å²) in [5, 5.41) is 3.21. The highest BCUT2D eigenvalue weighted by Gasteiger charge is 1.98. The van der Waals surface area contributed by atoms with E-state index < -0.39 is 0 Å². The van der Waals surface area contributed by atoms with Gasteiger partial charge in [-0.2, -0.15) is 0 Å². The van der Waals surface area contributed by atoms with Crippen molar-refractivity contribution in [2.75, 3.05) is 25.1 Å². The highest BCUT2D eigenvalue weighted by atomic mass is 16.5. The Labute approximate surface area is 104 Å². The summed E-state index contributed by atoms with van der Waals surface area (Å²) in [6.07, 6.45) is 3.32. The van der Waals surface area contributed by atoms with Crippen LogP contribution in [-0.2, 0) is 4.74 Å². The van der Waals surface area contributed by atoms with Crippen LogP contribution in [0.4, 0.5) is 5.95 Å². The lowest BCUT2D eigenvalue weighted by molar-refractivity contribution is 0.131. The number of hydrogen-bond donors (Lipinski definition) is 1. The Morgan fingerprint density at radius 3 is 2.41 bits per heavy atom. The molecule has 0 amide bonds. The molecule has 1 aromatic heterocycles. The van der Waals surface area contributed by atoms with Crippen LogP contribution >= 0.6 is 0 Å². The maximum Gasteiger partial charge on any atom is 0.223 e. The van der Waals surface area contributed by atoms with Crippen LogP contribution in [0.1, 0.15) is 37.6 Å². The Morgan fingerprint density at radius 1 is 1.12 bits per heavy atom. The molecule has 0 spiro atoms. The molecule has 0 radical (unpaired) electrons. The van der Waals surface area contributed by atoms with Gasteiger partial charge in [0.2, 0.25) is 5.95 Å². The normalized spacial score (nSPS) is 10.5. The summed E-state index contributed by atoms with van der Waals surface area (Å²) >= 11 is 0. The van der Waals surface area contributed by atoms with Gasteiger partial charge in [-0.1, -0.05) is 13.3 Å². The zero-order chi connectivity index (χ0) is 12.5. The second kappa shape index (κ2) is 8.01. The number of nitrogens with one attached hydrogen (secondary N) is 1. The van der Waals surface area contributed by atoms with E-state index in [9.17, 15) is 0 Å². The first kappa shape index (κ1) is 13.9. The molecule has 1 rings (SSSR count). The van der Waals surface area contributed by atoms with E-state index in [1.54, 1.807) is 0 Å². The Kier molecular flexibility index (Phi) is 6.55. The van der Waals surface area contributed by atoms with Gasteiger partial charge in [-0.25, -0.2) is 9.97 Å². The van der Waals surface area contributed by atoms with Crippen LogP contribution in [0.15, 0.2) is 6.07 Å². The Morgan fingerprint density at radius 2 is 1.76 bits per heavy atom. The van der Waals surface area contributed by atoms with E-state index in [2.05, 4.69) is 22.2 Å². The quantitative estimate of drug-likeness (QED) is 0.706. The Balaban J connectivity index is 2.13. The molecule has 1 N–H and O–H groups in total. The number of aromatic nitrogens is 2. The van der Waals surface area contributed by atoms with E-state index in [-0.39, 0.29) is 0 Å².